The SMILES string of the molecule is CCOC(=O)N1CCC(NS(=O)(=O)c2cccc3c(CNCc4ccc(Cl)cc4)cccc23)CC1. The zero-order valence-corrected chi connectivity index (χ0v) is 21.2. The van der Waals surface area contributed by atoms with Gasteiger partial charge in [0.15, 0.2) is 0 Å². The van der Waals surface area contributed by atoms with Crippen molar-refractivity contribution in [3.8, 4) is 0 Å². The molecule has 0 atom stereocenters. The highest BCUT2D eigenvalue weighted by atomic mass is 35.5. The number of amides is 1. The fraction of sp³-hybridized carbons (Fsp3) is 0.346. The first kappa shape index (κ1) is 25.4. The third kappa shape index (κ3) is 6.32. The van der Waals surface area contributed by atoms with Crippen LogP contribution in [0.15, 0.2) is 65.6 Å². The molecule has 2 N–H and O–H groups in total. The number of sulfonamides is 1. The lowest BCUT2D eigenvalue weighted by molar-refractivity contribution is 0.0966. The molecule has 35 heavy (non-hydrogen) atoms. The van der Waals surface area contributed by atoms with Crippen LogP contribution >= 0.6 is 11.6 Å². The quantitative estimate of drug-likeness (QED) is 0.454. The van der Waals surface area contributed by atoms with E-state index >= 15 is 0 Å². The van der Waals surface area contributed by atoms with Crippen LogP contribution < -0.4 is 10.0 Å². The summed E-state index contributed by atoms with van der Waals surface area (Å²) in [5.74, 6) is 0. The van der Waals surface area contributed by atoms with Gasteiger partial charge >= 0.3 is 6.09 Å². The molecule has 0 bridgehead atoms. The number of nitrogens with one attached hydrogen (secondary N) is 2. The van der Waals surface area contributed by atoms with E-state index in [-0.39, 0.29) is 17.0 Å². The number of fused-ring (bicyclic) bond motifs is 1. The Morgan fingerprint density at radius 3 is 2.40 bits per heavy atom. The molecule has 4 rings (SSSR count). The number of hydrogen-bond acceptors (Lipinski definition) is 5. The Kier molecular flexibility index (Phi) is 8.28. The van der Waals surface area contributed by atoms with E-state index in [2.05, 4.69) is 10.0 Å². The zero-order chi connectivity index (χ0) is 24.8. The van der Waals surface area contributed by atoms with Gasteiger partial charge in [-0.05, 0) is 54.5 Å². The summed E-state index contributed by atoms with van der Waals surface area (Å²) >= 11 is 5.96. The molecule has 1 fully saturated rings. The molecule has 186 valence electrons. The van der Waals surface area contributed by atoms with Crippen LogP contribution in [0, 0.1) is 0 Å². The summed E-state index contributed by atoms with van der Waals surface area (Å²) in [5, 5.41) is 5.72. The molecule has 0 spiro atoms. The summed E-state index contributed by atoms with van der Waals surface area (Å²) in [6.45, 7) is 4.30. The summed E-state index contributed by atoms with van der Waals surface area (Å²) in [5.41, 5.74) is 2.15. The number of rotatable bonds is 8. The zero-order valence-electron chi connectivity index (χ0n) is 19.7. The fourth-order valence-corrected chi connectivity index (χ4v) is 6.01. The van der Waals surface area contributed by atoms with E-state index in [0.717, 1.165) is 16.5 Å². The second-order valence-corrected chi connectivity index (χ2v) is 10.7. The first-order valence-electron chi connectivity index (χ1n) is 11.8. The van der Waals surface area contributed by atoms with E-state index in [9.17, 15) is 13.2 Å². The van der Waals surface area contributed by atoms with E-state index < -0.39 is 10.0 Å². The highest BCUT2D eigenvalue weighted by Crippen LogP contribution is 2.27. The van der Waals surface area contributed by atoms with Crippen LogP contribution in [0.4, 0.5) is 4.79 Å². The molecule has 9 heteroatoms. The lowest BCUT2D eigenvalue weighted by Gasteiger charge is -2.31. The third-order valence-corrected chi connectivity index (χ3v) is 7.99. The molecule has 0 radical (unpaired) electrons. The van der Waals surface area contributed by atoms with Crippen molar-refractivity contribution in [2.24, 2.45) is 0 Å². The van der Waals surface area contributed by atoms with Crippen LogP contribution in [-0.2, 0) is 27.8 Å². The normalized spacial score (nSPS) is 14.9. The van der Waals surface area contributed by atoms with Crippen LogP contribution in [0.25, 0.3) is 10.8 Å². The van der Waals surface area contributed by atoms with E-state index in [1.165, 1.54) is 0 Å². The standard InChI is InChI=1S/C26H30ClN3O4S/c1-2-34-26(31)30-15-13-22(14-16-30)29-35(32,33)25-8-4-6-23-20(5-3-7-24(23)25)18-28-17-19-9-11-21(27)12-10-19/h3-12,22,28-29H,2,13-18H2,1H3. The van der Waals surface area contributed by atoms with Crippen molar-refractivity contribution < 1.29 is 17.9 Å². The minimum absolute atomic E-state index is 0.231. The average molecular weight is 516 g/mol. The van der Waals surface area contributed by atoms with E-state index in [4.69, 9.17) is 16.3 Å². The van der Waals surface area contributed by atoms with Crippen molar-refractivity contribution in [1.29, 1.82) is 0 Å². The van der Waals surface area contributed by atoms with Gasteiger partial charge in [-0.25, -0.2) is 17.9 Å². The number of carbonyl (C=O) groups is 1. The lowest BCUT2D eigenvalue weighted by atomic mass is 10.0. The Balaban J connectivity index is 1.45. The number of piperidine rings is 1. The monoisotopic (exact) mass is 515 g/mol. The molecule has 3 aromatic carbocycles. The molecule has 0 unspecified atom stereocenters. The van der Waals surface area contributed by atoms with Gasteiger partial charge < -0.3 is 15.0 Å². The fourth-order valence-electron chi connectivity index (χ4n) is 4.36. The number of halogens is 1. The minimum atomic E-state index is -3.74. The molecule has 1 saturated heterocycles. The Labute approximate surface area is 211 Å². The number of carbonyl (C=O) groups excluding carboxylic acids is 1. The summed E-state index contributed by atoms with van der Waals surface area (Å²) < 4.78 is 34.5. The molecule has 1 aliphatic heterocycles. The maximum Gasteiger partial charge on any atom is 0.409 e. The van der Waals surface area contributed by atoms with Crippen molar-refractivity contribution >= 4 is 38.5 Å². The first-order valence-corrected chi connectivity index (χ1v) is 13.6. The number of likely N-dealkylation sites (tertiary alicyclic amines) is 1. The van der Waals surface area contributed by atoms with E-state index in [1.807, 2.05) is 48.5 Å². The van der Waals surface area contributed by atoms with Gasteiger partial charge in [-0.2, -0.15) is 0 Å². The summed E-state index contributed by atoms with van der Waals surface area (Å²) in [6.07, 6.45) is 0.741. The van der Waals surface area contributed by atoms with Gasteiger partial charge in [-0.15, -0.1) is 0 Å². The molecule has 3 aromatic rings. The maximum absolute atomic E-state index is 13.3. The maximum atomic E-state index is 13.3. The average Bonchev–Trinajstić information content (AvgIpc) is 2.85. The van der Waals surface area contributed by atoms with Crippen LogP contribution in [-0.4, -0.2) is 45.1 Å². The largest absolute Gasteiger partial charge is 0.450 e. The molecule has 7 nitrogen and oxygen atoms in total. The Morgan fingerprint density at radius 2 is 1.69 bits per heavy atom. The van der Waals surface area contributed by atoms with Gasteiger partial charge in [0, 0.05) is 42.6 Å². The number of ether oxygens (including phenoxy) is 1. The highest BCUT2D eigenvalue weighted by Gasteiger charge is 2.28. The van der Waals surface area contributed by atoms with Crippen molar-refractivity contribution in [1.82, 2.24) is 14.9 Å². The first-order chi connectivity index (χ1) is 16.9. The number of benzene rings is 3. The van der Waals surface area contributed by atoms with Crippen molar-refractivity contribution in [3.05, 3.63) is 76.8 Å². The van der Waals surface area contributed by atoms with E-state index in [1.54, 1.807) is 24.0 Å². The molecule has 1 aliphatic rings. The molecule has 0 aromatic heterocycles. The second-order valence-electron chi connectivity index (χ2n) is 8.58. The predicted molar refractivity (Wildman–Crippen MR) is 138 cm³/mol. The lowest BCUT2D eigenvalue weighted by Crippen LogP contribution is -2.46. The topological polar surface area (TPSA) is 87.7 Å². The van der Waals surface area contributed by atoms with Gasteiger partial charge in [0.25, 0.3) is 0 Å². The predicted octanol–water partition coefficient (Wildman–Crippen LogP) is 4.68. The van der Waals surface area contributed by atoms with Crippen molar-refractivity contribution in [2.75, 3.05) is 19.7 Å². The van der Waals surface area contributed by atoms with Crippen LogP contribution in [0.1, 0.15) is 30.9 Å². The van der Waals surface area contributed by atoms with Gasteiger partial charge in [0.2, 0.25) is 10.0 Å². The van der Waals surface area contributed by atoms with Crippen LogP contribution in [0.3, 0.4) is 0 Å². The molecule has 0 saturated carbocycles. The summed E-state index contributed by atoms with van der Waals surface area (Å²) in [6, 6.07) is 18.6. The molecule has 1 amide bonds. The minimum Gasteiger partial charge on any atom is -0.450 e. The van der Waals surface area contributed by atoms with Gasteiger partial charge in [-0.1, -0.05) is 54.1 Å². The van der Waals surface area contributed by atoms with Crippen molar-refractivity contribution in [2.45, 2.75) is 43.8 Å². The molecule has 1 heterocycles. The Hall–Kier alpha value is -2.65. The summed E-state index contributed by atoms with van der Waals surface area (Å²) in [4.78, 5) is 13.8. The Bertz CT molecular complexity index is 1270. The highest BCUT2D eigenvalue weighted by molar-refractivity contribution is 7.89. The Morgan fingerprint density at radius 1 is 1.00 bits per heavy atom. The number of hydrogen-bond donors (Lipinski definition) is 2. The van der Waals surface area contributed by atoms with Crippen molar-refractivity contribution in [3.63, 3.8) is 0 Å². The van der Waals surface area contributed by atoms with Crippen LogP contribution in [0.5, 0.6) is 0 Å². The smallest absolute Gasteiger partial charge is 0.409 e. The molecular weight excluding hydrogens is 486 g/mol. The number of nitrogens with zero attached hydrogens (tertiary/aromatic N) is 1. The van der Waals surface area contributed by atoms with E-state index in [0.29, 0.717) is 56.0 Å². The molecule has 0 aliphatic carbocycles. The van der Waals surface area contributed by atoms with Gasteiger partial charge in [0.1, 0.15) is 0 Å². The van der Waals surface area contributed by atoms with Crippen LogP contribution in [0.2, 0.25) is 5.02 Å². The third-order valence-electron chi connectivity index (χ3n) is 6.16. The second kappa shape index (κ2) is 11.4. The van der Waals surface area contributed by atoms with Gasteiger partial charge in [0.05, 0.1) is 11.5 Å². The van der Waals surface area contributed by atoms with Gasteiger partial charge in [-0.3, -0.25) is 0 Å². The summed E-state index contributed by atoms with van der Waals surface area (Å²) in [7, 11) is -3.74. The molecular formula is C26H30ClN3O4S.